The topological polar surface area (TPSA) is 67.4 Å². The van der Waals surface area contributed by atoms with E-state index < -0.39 is 11.6 Å². The molecule has 0 saturated carbocycles. The Morgan fingerprint density at radius 3 is 2.77 bits per heavy atom. The molecule has 3 atom stereocenters. The van der Waals surface area contributed by atoms with Crippen molar-refractivity contribution in [2.45, 2.75) is 38.8 Å². The van der Waals surface area contributed by atoms with E-state index in [2.05, 4.69) is 10.6 Å². The van der Waals surface area contributed by atoms with Crippen LogP contribution in [0.2, 0.25) is 0 Å². The zero-order valence-electron chi connectivity index (χ0n) is 15.1. The smallest absolute Gasteiger partial charge is 0.237 e. The highest BCUT2D eigenvalue weighted by Gasteiger charge is 2.51. The van der Waals surface area contributed by atoms with E-state index in [0.717, 1.165) is 28.1 Å². The number of anilines is 1. The van der Waals surface area contributed by atoms with Crippen LogP contribution < -0.4 is 15.4 Å². The van der Waals surface area contributed by atoms with Gasteiger partial charge in [0.1, 0.15) is 11.7 Å². The largest absolute Gasteiger partial charge is 0.468 e. The quantitative estimate of drug-likeness (QED) is 0.817. The van der Waals surface area contributed by atoms with Crippen LogP contribution in [0, 0.1) is 19.8 Å². The van der Waals surface area contributed by atoms with Gasteiger partial charge in [0.05, 0.1) is 0 Å². The molecule has 2 aliphatic rings. The van der Waals surface area contributed by atoms with E-state index in [0.29, 0.717) is 6.42 Å². The second-order valence-corrected chi connectivity index (χ2v) is 7.46. The molecule has 2 bridgehead atoms. The molecule has 5 heteroatoms. The van der Waals surface area contributed by atoms with Gasteiger partial charge in [0.2, 0.25) is 11.8 Å². The first-order chi connectivity index (χ1) is 12.4. The molecule has 2 aliphatic heterocycles. The maximum atomic E-state index is 13.0. The van der Waals surface area contributed by atoms with Crippen molar-refractivity contribution < 1.29 is 14.3 Å². The van der Waals surface area contributed by atoms with Crippen LogP contribution in [-0.4, -0.2) is 17.5 Å². The second kappa shape index (κ2) is 5.87. The van der Waals surface area contributed by atoms with Gasteiger partial charge in [-0.25, -0.2) is 0 Å². The summed E-state index contributed by atoms with van der Waals surface area (Å²) in [7, 11) is 0. The molecule has 0 aromatic heterocycles. The average molecular weight is 350 g/mol. The van der Waals surface area contributed by atoms with Crippen LogP contribution in [0.4, 0.5) is 5.69 Å². The van der Waals surface area contributed by atoms with Crippen molar-refractivity contribution in [3.63, 3.8) is 0 Å². The molecule has 2 amide bonds. The number of amides is 2. The molecule has 0 aliphatic carbocycles. The van der Waals surface area contributed by atoms with Crippen molar-refractivity contribution in [1.29, 1.82) is 0 Å². The van der Waals surface area contributed by atoms with Crippen LogP contribution in [-0.2, 0) is 9.59 Å². The van der Waals surface area contributed by atoms with Crippen LogP contribution in [0.15, 0.2) is 42.5 Å². The molecular formula is C21H22N2O3. The van der Waals surface area contributed by atoms with E-state index in [-0.39, 0.29) is 17.7 Å². The van der Waals surface area contributed by atoms with Crippen LogP contribution in [0.1, 0.15) is 36.0 Å². The number of piperidine rings is 1. The molecule has 5 nitrogen and oxygen atoms in total. The van der Waals surface area contributed by atoms with Gasteiger partial charge in [-0.3, -0.25) is 9.59 Å². The first-order valence-corrected chi connectivity index (χ1v) is 8.84. The Hall–Kier alpha value is -2.82. The van der Waals surface area contributed by atoms with Gasteiger partial charge in [0.25, 0.3) is 0 Å². The van der Waals surface area contributed by atoms with E-state index >= 15 is 0 Å². The molecular weight excluding hydrogens is 328 g/mol. The standard InChI is InChI=1S/C21H22N2O3/c1-12-8-9-16(13(2)10-12)22-19(24)18-15-11-21(3,23-20(18)25)26-17-7-5-4-6-14(15)17/h4-10,15,18H,11H2,1-3H3,(H,22,24)(H,23,25)/t15-,18-,21-/m0/s1. The Morgan fingerprint density at radius 2 is 2.00 bits per heavy atom. The minimum Gasteiger partial charge on any atom is -0.468 e. The molecule has 2 N–H and O–H groups in total. The summed E-state index contributed by atoms with van der Waals surface area (Å²) >= 11 is 0. The minimum atomic E-state index is -0.783. The fraction of sp³-hybridized carbons (Fsp3) is 0.333. The monoisotopic (exact) mass is 350 g/mol. The fourth-order valence-corrected chi connectivity index (χ4v) is 4.05. The SMILES string of the molecule is Cc1ccc(NC(=O)[C@H]2C(=O)N[C@]3(C)C[C@H]2c2ccccc2O3)c(C)c1. The molecule has 0 radical (unpaired) electrons. The number of para-hydroxylation sites is 1. The Labute approximate surface area is 152 Å². The molecule has 2 aromatic carbocycles. The van der Waals surface area contributed by atoms with Gasteiger partial charge in [-0.15, -0.1) is 0 Å². The second-order valence-electron chi connectivity index (χ2n) is 7.46. The number of benzene rings is 2. The summed E-state index contributed by atoms with van der Waals surface area (Å²) < 4.78 is 5.98. The number of ether oxygens (including phenoxy) is 1. The Kier molecular flexibility index (Phi) is 3.75. The van der Waals surface area contributed by atoms with Crippen molar-refractivity contribution in [2.24, 2.45) is 5.92 Å². The van der Waals surface area contributed by atoms with Gasteiger partial charge >= 0.3 is 0 Å². The predicted octanol–water partition coefficient (Wildman–Crippen LogP) is 3.27. The highest BCUT2D eigenvalue weighted by molar-refractivity contribution is 6.08. The zero-order chi connectivity index (χ0) is 18.5. The Balaban J connectivity index is 1.68. The first kappa shape index (κ1) is 16.6. The number of aryl methyl sites for hydroxylation is 2. The maximum Gasteiger partial charge on any atom is 0.237 e. The highest BCUT2D eigenvalue weighted by Crippen LogP contribution is 2.46. The normalized spacial score (nSPS) is 26.3. The van der Waals surface area contributed by atoms with Crippen LogP contribution >= 0.6 is 0 Å². The molecule has 0 unspecified atom stereocenters. The molecule has 1 fully saturated rings. The number of hydrogen-bond donors (Lipinski definition) is 2. The van der Waals surface area contributed by atoms with E-state index in [1.807, 2.05) is 63.2 Å². The summed E-state index contributed by atoms with van der Waals surface area (Å²) in [6, 6.07) is 13.5. The van der Waals surface area contributed by atoms with Gasteiger partial charge in [0, 0.05) is 18.0 Å². The van der Waals surface area contributed by atoms with Crippen molar-refractivity contribution >= 4 is 17.5 Å². The third-order valence-corrected chi connectivity index (χ3v) is 5.26. The van der Waals surface area contributed by atoms with E-state index in [1.165, 1.54) is 0 Å². The summed E-state index contributed by atoms with van der Waals surface area (Å²) in [6.45, 7) is 5.81. The van der Waals surface area contributed by atoms with E-state index in [1.54, 1.807) is 0 Å². The number of nitrogens with one attached hydrogen (secondary N) is 2. The van der Waals surface area contributed by atoms with Gasteiger partial charge in [-0.1, -0.05) is 35.9 Å². The van der Waals surface area contributed by atoms with Gasteiger partial charge in [-0.2, -0.15) is 0 Å². The number of carbonyl (C=O) groups excluding carboxylic acids is 2. The molecule has 0 spiro atoms. The predicted molar refractivity (Wildman–Crippen MR) is 99.0 cm³/mol. The van der Waals surface area contributed by atoms with Gasteiger partial charge < -0.3 is 15.4 Å². The fourth-order valence-electron chi connectivity index (χ4n) is 4.05. The molecule has 1 saturated heterocycles. The summed E-state index contributed by atoms with van der Waals surface area (Å²) in [5.74, 6) is -0.826. The lowest BCUT2D eigenvalue weighted by atomic mass is 9.74. The first-order valence-electron chi connectivity index (χ1n) is 8.84. The third kappa shape index (κ3) is 2.73. The Morgan fingerprint density at radius 1 is 1.23 bits per heavy atom. The number of hydrogen-bond acceptors (Lipinski definition) is 3. The molecule has 26 heavy (non-hydrogen) atoms. The van der Waals surface area contributed by atoms with Crippen molar-refractivity contribution in [1.82, 2.24) is 5.32 Å². The number of fused-ring (bicyclic) bond motifs is 4. The van der Waals surface area contributed by atoms with E-state index in [9.17, 15) is 9.59 Å². The lowest BCUT2D eigenvalue weighted by Gasteiger charge is -2.46. The molecule has 2 aromatic rings. The van der Waals surface area contributed by atoms with Crippen LogP contribution in [0.25, 0.3) is 0 Å². The van der Waals surface area contributed by atoms with Gasteiger partial charge in [0.15, 0.2) is 5.72 Å². The summed E-state index contributed by atoms with van der Waals surface area (Å²) in [4.78, 5) is 25.8. The third-order valence-electron chi connectivity index (χ3n) is 5.26. The van der Waals surface area contributed by atoms with Crippen molar-refractivity contribution in [2.75, 3.05) is 5.32 Å². The van der Waals surface area contributed by atoms with E-state index in [4.69, 9.17) is 4.74 Å². The summed E-state index contributed by atoms with van der Waals surface area (Å²) in [5.41, 5.74) is 2.99. The van der Waals surface area contributed by atoms with Crippen LogP contribution in [0.5, 0.6) is 5.75 Å². The number of rotatable bonds is 2. The average Bonchev–Trinajstić information content (AvgIpc) is 2.56. The number of carbonyl (C=O) groups is 2. The molecule has 2 heterocycles. The highest BCUT2D eigenvalue weighted by atomic mass is 16.5. The summed E-state index contributed by atoms with van der Waals surface area (Å²) in [5, 5.41) is 5.83. The molecule has 4 rings (SSSR count). The van der Waals surface area contributed by atoms with Crippen molar-refractivity contribution in [3.05, 3.63) is 59.2 Å². The zero-order valence-corrected chi connectivity index (χ0v) is 15.1. The molecule has 134 valence electrons. The lowest BCUT2D eigenvalue weighted by Crippen LogP contribution is -2.62. The summed E-state index contributed by atoms with van der Waals surface area (Å²) in [6.07, 6.45) is 0.570. The van der Waals surface area contributed by atoms with Gasteiger partial charge in [-0.05, 0) is 44.0 Å². The van der Waals surface area contributed by atoms with Crippen LogP contribution in [0.3, 0.4) is 0 Å². The maximum absolute atomic E-state index is 13.0. The Bertz CT molecular complexity index is 908. The van der Waals surface area contributed by atoms with Crippen molar-refractivity contribution in [3.8, 4) is 5.75 Å². The minimum absolute atomic E-state index is 0.204. The lowest BCUT2D eigenvalue weighted by molar-refractivity contribution is -0.145.